The average molecular weight is 189 g/mol. The maximum absolute atomic E-state index is 12.1. The number of alkyl halides is 1. The number of halogens is 2. The van der Waals surface area contributed by atoms with Crippen molar-refractivity contribution in [3.8, 4) is 0 Å². The summed E-state index contributed by atoms with van der Waals surface area (Å²) in [4.78, 5) is 14.3. The first-order chi connectivity index (χ1) is 5.65. The molecule has 0 aromatic carbocycles. The smallest absolute Gasteiger partial charge is 0.251 e. The number of nitrogens with two attached hydrogens (primary N) is 1. The van der Waals surface area contributed by atoms with Crippen LogP contribution in [-0.2, 0) is 6.67 Å². The summed E-state index contributed by atoms with van der Waals surface area (Å²) in [5.74, 6) is -0.706. The lowest BCUT2D eigenvalue weighted by Crippen LogP contribution is -2.12. The number of aromatic nitrogens is 1. The van der Waals surface area contributed by atoms with Crippen molar-refractivity contribution in [2.45, 2.75) is 6.67 Å². The maximum atomic E-state index is 12.1. The summed E-state index contributed by atoms with van der Waals surface area (Å²) in [7, 11) is 0. The fourth-order valence-electron chi connectivity index (χ4n) is 0.737. The van der Waals surface area contributed by atoms with Crippen molar-refractivity contribution in [1.82, 2.24) is 4.98 Å². The first-order valence-corrected chi connectivity index (χ1v) is 3.53. The highest BCUT2D eigenvalue weighted by Gasteiger charge is 2.08. The van der Waals surface area contributed by atoms with E-state index in [9.17, 15) is 9.18 Å². The molecule has 64 valence electrons. The standard InChI is InChI=1S/C7H6ClFN2O/c8-6-5(7(10)12)1-4(2-9)3-11-6/h1,3H,2H2,(H2,10,12). The van der Waals surface area contributed by atoms with Crippen LogP contribution in [0.2, 0.25) is 5.15 Å². The van der Waals surface area contributed by atoms with Gasteiger partial charge in [0.2, 0.25) is 0 Å². The van der Waals surface area contributed by atoms with Gasteiger partial charge in [-0.3, -0.25) is 4.79 Å². The highest BCUT2D eigenvalue weighted by atomic mass is 35.5. The maximum Gasteiger partial charge on any atom is 0.251 e. The molecule has 2 N–H and O–H groups in total. The van der Waals surface area contributed by atoms with Crippen LogP contribution >= 0.6 is 11.6 Å². The summed E-state index contributed by atoms with van der Waals surface area (Å²) in [6.07, 6.45) is 1.26. The number of primary amides is 1. The van der Waals surface area contributed by atoms with Gasteiger partial charge in [0.1, 0.15) is 11.8 Å². The van der Waals surface area contributed by atoms with Crippen LogP contribution in [0.1, 0.15) is 15.9 Å². The van der Waals surface area contributed by atoms with Gasteiger partial charge in [0.25, 0.3) is 5.91 Å². The molecular weight excluding hydrogens is 183 g/mol. The molecule has 0 saturated carbocycles. The van der Waals surface area contributed by atoms with Crippen molar-refractivity contribution in [1.29, 1.82) is 0 Å². The van der Waals surface area contributed by atoms with Gasteiger partial charge in [0.05, 0.1) is 5.56 Å². The third kappa shape index (κ3) is 1.71. The summed E-state index contributed by atoms with van der Waals surface area (Å²) >= 11 is 5.51. The Morgan fingerprint density at radius 3 is 2.92 bits per heavy atom. The lowest BCUT2D eigenvalue weighted by molar-refractivity contribution is 0.1000. The quantitative estimate of drug-likeness (QED) is 0.712. The number of hydrogen-bond donors (Lipinski definition) is 1. The van der Waals surface area contributed by atoms with E-state index in [1.807, 2.05) is 0 Å². The zero-order chi connectivity index (χ0) is 9.14. The Kier molecular flexibility index (Phi) is 2.60. The SMILES string of the molecule is NC(=O)c1cc(CF)cnc1Cl. The highest BCUT2D eigenvalue weighted by molar-refractivity contribution is 6.32. The van der Waals surface area contributed by atoms with Crippen LogP contribution in [0.25, 0.3) is 0 Å². The summed E-state index contributed by atoms with van der Waals surface area (Å²) in [5, 5.41) is -0.000278. The lowest BCUT2D eigenvalue weighted by Gasteiger charge is -1.99. The van der Waals surface area contributed by atoms with Crippen LogP contribution in [0.5, 0.6) is 0 Å². The zero-order valence-corrected chi connectivity index (χ0v) is 6.81. The molecule has 1 aromatic rings. The van der Waals surface area contributed by atoms with Gasteiger partial charge in [-0.2, -0.15) is 0 Å². The molecule has 1 amide bonds. The van der Waals surface area contributed by atoms with Crippen LogP contribution in [0.4, 0.5) is 4.39 Å². The van der Waals surface area contributed by atoms with Crippen LogP contribution in [-0.4, -0.2) is 10.9 Å². The summed E-state index contributed by atoms with van der Waals surface area (Å²) in [6.45, 7) is -0.690. The lowest BCUT2D eigenvalue weighted by atomic mass is 10.2. The minimum absolute atomic E-state index is 0.000278. The molecule has 1 rings (SSSR count). The molecule has 0 atom stereocenters. The number of amides is 1. The molecule has 0 radical (unpaired) electrons. The molecule has 0 unspecified atom stereocenters. The number of pyridine rings is 1. The molecule has 1 aromatic heterocycles. The predicted octanol–water partition coefficient (Wildman–Crippen LogP) is 1.30. The molecule has 0 fully saturated rings. The second kappa shape index (κ2) is 3.49. The number of rotatable bonds is 2. The van der Waals surface area contributed by atoms with Gasteiger partial charge < -0.3 is 5.73 Å². The van der Waals surface area contributed by atoms with E-state index < -0.39 is 12.6 Å². The van der Waals surface area contributed by atoms with Gasteiger partial charge in [-0.1, -0.05) is 11.6 Å². The number of carbonyl (C=O) groups excluding carboxylic acids is 1. The van der Waals surface area contributed by atoms with E-state index in [1.165, 1.54) is 12.3 Å². The average Bonchev–Trinajstić information content (AvgIpc) is 2.05. The molecule has 0 spiro atoms. The van der Waals surface area contributed by atoms with E-state index in [0.29, 0.717) is 0 Å². The van der Waals surface area contributed by atoms with Crippen molar-refractivity contribution in [3.05, 3.63) is 28.5 Å². The van der Waals surface area contributed by atoms with Gasteiger partial charge in [-0.15, -0.1) is 0 Å². The molecule has 5 heteroatoms. The monoisotopic (exact) mass is 188 g/mol. The molecule has 0 aliphatic rings. The van der Waals surface area contributed by atoms with E-state index in [2.05, 4.69) is 4.98 Å². The molecule has 0 aliphatic carbocycles. The summed E-state index contributed by atoms with van der Waals surface area (Å²) in [6, 6.07) is 1.29. The van der Waals surface area contributed by atoms with Gasteiger partial charge in [-0.25, -0.2) is 9.37 Å². The van der Waals surface area contributed by atoms with Crippen molar-refractivity contribution in [3.63, 3.8) is 0 Å². The van der Waals surface area contributed by atoms with Crippen molar-refractivity contribution in [2.75, 3.05) is 0 Å². The van der Waals surface area contributed by atoms with Crippen LogP contribution in [0.3, 0.4) is 0 Å². The number of carbonyl (C=O) groups is 1. The third-order valence-electron chi connectivity index (χ3n) is 1.32. The van der Waals surface area contributed by atoms with E-state index in [-0.39, 0.29) is 16.3 Å². The summed E-state index contributed by atoms with van der Waals surface area (Å²) in [5.41, 5.74) is 5.29. The molecule has 0 aliphatic heterocycles. The Bertz CT molecular complexity index is 316. The molecule has 0 saturated heterocycles. The largest absolute Gasteiger partial charge is 0.366 e. The Hall–Kier alpha value is -1.16. The van der Waals surface area contributed by atoms with Gasteiger partial charge >= 0.3 is 0 Å². The van der Waals surface area contributed by atoms with E-state index in [4.69, 9.17) is 17.3 Å². The van der Waals surface area contributed by atoms with Crippen molar-refractivity contribution >= 4 is 17.5 Å². The first-order valence-electron chi connectivity index (χ1n) is 3.15. The van der Waals surface area contributed by atoms with Gasteiger partial charge in [0, 0.05) is 11.8 Å². The van der Waals surface area contributed by atoms with E-state index >= 15 is 0 Å². The van der Waals surface area contributed by atoms with E-state index in [1.54, 1.807) is 0 Å². The second-order valence-corrected chi connectivity index (χ2v) is 2.54. The molecule has 0 bridgehead atoms. The van der Waals surface area contributed by atoms with Gasteiger partial charge in [-0.05, 0) is 6.07 Å². The number of nitrogens with zero attached hydrogens (tertiary/aromatic N) is 1. The van der Waals surface area contributed by atoms with Crippen molar-refractivity contribution in [2.24, 2.45) is 5.73 Å². The van der Waals surface area contributed by atoms with Crippen molar-refractivity contribution < 1.29 is 9.18 Å². The molecular formula is C7H6ClFN2O. The Labute approximate surface area is 73.4 Å². The van der Waals surface area contributed by atoms with Crippen LogP contribution < -0.4 is 5.73 Å². The first kappa shape index (κ1) is 8.93. The van der Waals surface area contributed by atoms with Crippen LogP contribution in [0, 0.1) is 0 Å². The Morgan fingerprint density at radius 2 is 2.42 bits per heavy atom. The molecule has 12 heavy (non-hydrogen) atoms. The fraction of sp³-hybridized carbons (Fsp3) is 0.143. The van der Waals surface area contributed by atoms with Crippen LogP contribution in [0.15, 0.2) is 12.3 Å². The van der Waals surface area contributed by atoms with Gasteiger partial charge in [0.15, 0.2) is 0 Å². The third-order valence-corrected chi connectivity index (χ3v) is 1.62. The molecule has 1 heterocycles. The predicted molar refractivity (Wildman–Crippen MR) is 42.6 cm³/mol. The van der Waals surface area contributed by atoms with E-state index in [0.717, 1.165) is 0 Å². The summed E-state index contributed by atoms with van der Waals surface area (Å²) < 4.78 is 12.1. The minimum atomic E-state index is -0.706. The normalized spacial score (nSPS) is 9.83. The molecule has 3 nitrogen and oxygen atoms in total. The zero-order valence-electron chi connectivity index (χ0n) is 6.05. The topological polar surface area (TPSA) is 56.0 Å². The highest BCUT2D eigenvalue weighted by Crippen LogP contribution is 2.13. The minimum Gasteiger partial charge on any atom is -0.366 e. The Balaban J connectivity index is 3.17. The second-order valence-electron chi connectivity index (χ2n) is 2.18. The Morgan fingerprint density at radius 1 is 1.75 bits per heavy atom. The fourth-order valence-corrected chi connectivity index (χ4v) is 0.934. The number of hydrogen-bond acceptors (Lipinski definition) is 2.